The number of aromatic nitrogens is 6. The van der Waals surface area contributed by atoms with E-state index in [0.29, 0.717) is 76.5 Å². The van der Waals surface area contributed by atoms with Gasteiger partial charge in [0.2, 0.25) is 23.7 Å². The maximum Gasteiger partial charge on any atom is 0.410 e. The quantitative estimate of drug-likeness (QED) is 0.0494. The molecular weight excluding hydrogens is 989 g/mol. The number of fused-ring (bicyclic) bond motifs is 2. The Morgan fingerprint density at radius 3 is 1.49 bits per heavy atom. The van der Waals surface area contributed by atoms with Crippen LogP contribution in [-0.2, 0) is 14.3 Å². The highest BCUT2D eigenvalue weighted by molar-refractivity contribution is 6.01. The van der Waals surface area contributed by atoms with Gasteiger partial charge in [-0.15, -0.1) is 0 Å². The van der Waals surface area contributed by atoms with Crippen LogP contribution in [0.1, 0.15) is 20.8 Å². The lowest BCUT2D eigenvalue weighted by Gasteiger charge is -2.40. The van der Waals surface area contributed by atoms with E-state index in [2.05, 4.69) is 76.9 Å². The van der Waals surface area contributed by atoms with Crippen molar-refractivity contribution in [2.45, 2.75) is 38.5 Å². The first-order valence-corrected chi connectivity index (χ1v) is 25.0. The van der Waals surface area contributed by atoms with Crippen LogP contribution in [0.3, 0.4) is 0 Å². The minimum absolute atomic E-state index is 0.112. The number of hydrogen-bond acceptors (Lipinski definition) is 17. The smallest absolute Gasteiger partial charge is 0.410 e. The summed E-state index contributed by atoms with van der Waals surface area (Å²) in [6.07, 6.45) is 8.93. The first kappa shape index (κ1) is 53.1. The fraction of sp³-hybridized carbons (Fsp3) is 0.224. The maximum absolute atomic E-state index is 12.2. The van der Waals surface area contributed by atoms with Gasteiger partial charge < -0.3 is 55.9 Å². The Morgan fingerprint density at radius 1 is 0.603 bits per heavy atom. The Bertz CT molecular complexity index is 3540. The second kappa shape index (κ2) is 23.5. The summed E-state index contributed by atoms with van der Waals surface area (Å²) in [7, 11) is 5.35. The van der Waals surface area contributed by atoms with Crippen molar-refractivity contribution in [1.29, 1.82) is 0 Å². The molecule has 6 heterocycles. The zero-order valence-corrected chi connectivity index (χ0v) is 44.1. The van der Waals surface area contributed by atoms with Gasteiger partial charge in [-0.25, -0.2) is 24.7 Å². The summed E-state index contributed by atoms with van der Waals surface area (Å²) in [4.78, 5) is 67.2. The Hall–Kier alpha value is -9.69. The first-order valence-electron chi connectivity index (χ1n) is 25.0. The number of likely N-dealkylation sites (N-methyl/N-ethyl adjacent to an activating group) is 1. The minimum atomic E-state index is -0.519. The molecule has 3 amide bonds. The van der Waals surface area contributed by atoms with Crippen molar-refractivity contribution in [3.8, 4) is 34.0 Å². The van der Waals surface area contributed by atoms with Crippen molar-refractivity contribution in [3.63, 3.8) is 0 Å². The molecule has 0 spiro atoms. The molecule has 6 N–H and O–H groups in total. The highest BCUT2D eigenvalue weighted by Crippen LogP contribution is 2.35. The SMILES string of the molecule is C=CC(=O)Nc1ccnc(-c2cccc3cnc(Nc4ccc(NC5CN(C(=O)OC(C)(C)C)C5)cc4OC)nc23)c1.C=CC(=O)Nc1ccnc(-c2cccc3cnc(Nc4ccc(NC5CN(C)C5)cc4OC)nc23)c1. The second-order valence-corrected chi connectivity index (χ2v) is 19.5. The molecule has 2 saturated heterocycles. The van der Waals surface area contributed by atoms with Crippen LogP contribution in [0.2, 0.25) is 0 Å². The number of hydrogen-bond donors (Lipinski definition) is 6. The van der Waals surface area contributed by atoms with E-state index in [1.54, 1.807) is 68.2 Å². The normalized spacial score (nSPS) is 13.4. The van der Waals surface area contributed by atoms with Crippen molar-refractivity contribution in [2.24, 2.45) is 0 Å². The molecule has 0 aliphatic carbocycles. The molecule has 2 aliphatic heterocycles. The van der Waals surface area contributed by atoms with Crippen LogP contribution in [-0.4, -0.2) is 123 Å². The number of amides is 3. The number of benzene rings is 4. The third-order valence-electron chi connectivity index (χ3n) is 12.4. The van der Waals surface area contributed by atoms with Crippen LogP contribution in [0.4, 0.5) is 50.8 Å². The van der Waals surface area contributed by atoms with E-state index < -0.39 is 5.60 Å². The zero-order valence-electron chi connectivity index (χ0n) is 44.1. The largest absolute Gasteiger partial charge is 0.494 e. The molecule has 0 unspecified atom stereocenters. The van der Waals surface area contributed by atoms with Crippen molar-refractivity contribution in [2.75, 3.05) is 79.3 Å². The molecule has 0 bridgehead atoms. The van der Waals surface area contributed by atoms with Crippen LogP contribution in [0.15, 0.2) is 147 Å². The van der Waals surface area contributed by atoms with Gasteiger partial charge in [-0.05, 0) is 88.5 Å². The van der Waals surface area contributed by atoms with E-state index in [9.17, 15) is 14.4 Å². The van der Waals surface area contributed by atoms with E-state index in [0.717, 1.165) is 57.6 Å². The summed E-state index contributed by atoms with van der Waals surface area (Å²) in [6.45, 7) is 15.7. The van der Waals surface area contributed by atoms with Crippen LogP contribution < -0.4 is 41.4 Å². The number of likely N-dealkylation sites (tertiary alicyclic amines) is 2. The van der Waals surface area contributed by atoms with Gasteiger partial charge in [-0.2, -0.15) is 0 Å². The van der Waals surface area contributed by atoms with E-state index in [-0.39, 0.29) is 23.9 Å². The predicted octanol–water partition coefficient (Wildman–Crippen LogP) is 9.89. The third kappa shape index (κ3) is 13.0. The molecule has 2 aliphatic rings. The molecule has 4 aromatic carbocycles. The van der Waals surface area contributed by atoms with Gasteiger partial charge in [0.25, 0.3) is 0 Å². The number of nitrogens with zero attached hydrogens (tertiary/aromatic N) is 8. The van der Waals surface area contributed by atoms with Gasteiger partial charge in [0.15, 0.2) is 0 Å². The summed E-state index contributed by atoms with van der Waals surface area (Å²) >= 11 is 0. The number of rotatable bonds is 16. The number of anilines is 8. The molecule has 0 saturated carbocycles. The van der Waals surface area contributed by atoms with Gasteiger partial charge in [0.05, 0.1) is 60.1 Å². The number of pyridine rings is 2. The van der Waals surface area contributed by atoms with Crippen molar-refractivity contribution < 1.29 is 28.6 Å². The summed E-state index contributed by atoms with van der Waals surface area (Å²) < 4.78 is 16.7. The van der Waals surface area contributed by atoms with E-state index in [1.807, 2.05) is 93.6 Å². The van der Waals surface area contributed by atoms with Crippen molar-refractivity contribution >= 4 is 85.7 Å². The molecule has 398 valence electrons. The summed E-state index contributed by atoms with van der Waals surface area (Å²) in [6, 6.07) is 30.8. The Balaban J connectivity index is 0.000000192. The number of ether oxygens (including phenoxy) is 3. The van der Waals surface area contributed by atoms with E-state index >= 15 is 0 Å². The number of methoxy groups -OCH3 is 2. The lowest BCUT2D eigenvalue weighted by molar-refractivity contribution is -0.112. The van der Waals surface area contributed by atoms with Crippen molar-refractivity contribution in [3.05, 3.63) is 147 Å². The standard InChI is InChI=1S/C31H33N7O4.C27H27N7O2/c1-6-27(39)35-21-12-13-32-25(14-21)23-9-7-8-19-16-33-29(37-28(19)23)36-24-11-10-20(15-26(24)41-5)34-22-17-38(18-22)30(40)42-31(2,3)4;1-4-25(35)31-19-10-11-28-23(12-19)21-7-5-6-17-14-29-27(33-26(17)21)32-22-9-8-18(13-24(22)36-3)30-20-15-34(2)16-20/h6-16,22,34H,1,17-18H2,2-5H3,(H,32,35,39)(H,33,36,37);4-14,20,30H,1,15-16H2,2-3H3,(H,28,31,35)(H,29,32,33). The average Bonchev–Trinajstić information content (AvgIpc) is 3.44. The van der Waals surface area contributed by atoms with Gasteiger partial charge in [0, 0.05) is 108 Å². The number of nitrogens with one attached hydrogen (secondary N) is 6. The van der Waals surface area contributed by atoms with Crippen LogP contribution in [0, 0.1) is 0 Å². The molecule has 20 nitrogen and oxygen atoms in total. The first-order chi connectivity index (χ1) is 37.6. The van der Waals surface area contributed by atoms with E-state index in [4.69, 9.17) is 24.2 Å². The van der Waals surface area contributed by atoms with Crippen LogP contribution in [0.5, 0.6) is 11.5 Å². The fourth-order valence-corrected chi connectivity index (χ4v) is 8.66. The topological polar surface area (TPSA) is 235 Å². The van der Waals surface area contributed by atoms with Crippen LogP contribution >= 0.6 is 0 Å². The number of carbonyl (C=O) groups excluding carboxylic acids is 3. The molecule has 4 aromatic heterocycles. The molecule has 0 radical (unpaired) electrons. The van der Waals surface area contributed by atoms with Gasteiger partial charge in [-0.1, -0.05) is 49.6 Å². The number of carbonyl (C=O) groups is 3. The summed E-state index contributed by atoms with van der Waals surface area (Å²) in [5.41, 5.74) is 8.42. The fourth-order valence-electron chi connectivity index (χ4n) is 8.66. The van der Waals surface area contributed by atoms with Crippen LogP contribution in [0.25, 0.3) is 44.3 Å². The molecule has 20 heteroatoms. The molecule has 2 fully saturated rings. The Morgan fingerprint density at radius 2 is 1.06 bits per heavy atom. The maximum atomic E-state index is 12.2. The molecule has 0 atom stereocenters. The van der Waals surface area contributed by atoms with Gasteiger partial charge in [0.1, 0.15) is 17.1 Å². The van der Waals surface area contributed by atoms with Gasteiger partial charge in [-0.3, -0.25) is 19.6 Å². The van der Waals surface area contributed by atoms with Crippen molar-refractivity contribution in [1.82, 2.24) is 39.7 Å². The average molecular weight is 1050 g/mol. The highest BCUT2D eigenvalue weighted by Gasteiger charge is 2.34. The lowest BCUT2D eigenvalue weighted by atomic mass is 10.1. The molecule has 10 rings (SSSR count). The Kier molecular flexibility index (Phi) is 16.0. The highest BCUT2D eigenvalue weighted by atomic mass is 16.6. The third-order valence-corrected chi connectivity index (χ3v) is 12.4. The number of para-hydroxylation sites is 2. The van der Waals surface area contributed by atoms with Gasteiger partial charge >= 0.3 is 6.09 Å². The summed E-state index contributed by atoms with van der Waals surface area (Å²) in [5.74, 6) is 1.53. The summed E-state index contributed by atoms with van der Waals surface area (Å²) in [5, 5.41) is 20.7. The predicted molar refractivity (Wildman–Crippen MR) is 306 cm³/mol. The lowest BCUT2D eigenvalue weighted by Crippen LogP contribution is -2.57. The minimum Gasteiger partial charge on any atom is -0.494 e. The monoisotopic (exact) mass is 1050 g/mol. The molecule has 8 aromatic rings. The molecule has 78 heavy (non-hydrogen) atoms. The van der Waals surface area contributed by atoms with E-state index in [1.165, 1.54) is 12.2 Å². The zero-order chi connectivity index (χ0) is 54.9. The second-order valence-electron chi connectivity index (χ2n) is 19.5. The molecular formula is C58H60N14O6. The Labute approximate surface area is 451 Å².